The number of nitrogens with zero attached hydrogens (tertiary/aromatic N) is 2. The van der Waals surface area contributed by atoms with E-state index in [0.29, 0.717) is 25.5 Å². The lowest BCUT2D eigenvalue weighted by molar-refractivity contribution is -0.701. The van der Waals surface area contributed by atoms with Crippen molar-refractivity contribution in [3.63, 3.8) is 0 Å². The molecule has 1 aliphatic rings. The van der Waals surface area contributed by atoms with Crippen LogP contribution in [0.5, 0.6) is 0 Å². The van der Waals surface area contributed by atoms with Crippen LogP contribution in [0.2, 0.25) is 0 Å². The highest BCUT2D eigenvalue weighted by molar-refractivity contribution is 5.94. The number of carbonyl (C=O) groups is 2. The molecular formula is C35H61N2O4+. The molecule has 1 aromatic rings. The summed E-state index contributed by atoms with van der Waals surface area (Å²) in [6.07, 6.45) is 25.6. The van der Waals surface area contributed by atoms with Gasteiger partial charge in [0.25, 0.3) is 0 Å². The zero-order valence-corrected chi connectivity index (χ0v) is 26.8. The van der Waals surface area contributed by atoms with Crippen LogP contribution < -0.4 is 4.57 Å². The molecule has 0 aromatic carbocycles. The second-order valence-electron chi connectivity index (χ2n) is 12.1. The minimum atomic E-state index is -0.204. The lowest BCUT2D eigenvalue weighted by Crippen LogP contribution is -2.43. The van der Waals surface area contributed by atoms with Gasteiger partial charge in [0.15, 0.2) is 12.5 Å². The number of carbonyl (C=O) groups excluding carboxylic acids is 2. The normalized spacial score (nSPS) is 16.8. The van der Waals surface area contributed by atoms with Gasteiger partial charge in [0, 0.05) is 38.5 Å². The van der Waals surface area contributed by atoms with Crippen LogP contribution in [0.1, 0.15) is 148 Å². The number of pyridine rings is 1. The summed E-state index contributed by atoms with van der Waals surface area (Å²) in [6.45, 7) is 8.31. The summed E-state index contributed by atoms with van der Waals surface area (Å²) in [4.78, 5) is 26.5. The van der Waals surface area contributed by atoms with Crippen molar-refractivity contribution in [2.45, 2.75) is 162 Å². The molecule has 2 heterocycles. The van der Waals surface area contributed by atoms with E-state index in [0.717, 1.165) is 38.1 Å². The molecule has 1 fully saturated rings. The van der Waals surface area contributed by atoms with E-state index >= 15 is 0 Å². The van der Waals surface area contributed by atoms with Gasteiger partial charge in [0.2, 0.25) is 17.5 Å². The molecule has 2 rings (SSSR count). The average Bonchev–Trinajstić information content (AvgIpc) is 3.44. The van der Waals surface area contributed by atoms with Gasteiger partial charge in [-0.05, 0) is 25.7 Å². The van der Waals surface area contributed by atoms with Crippen molar-refractivity contribution in [3.05, 3.63) is 30.1 Å². The summed E-state index contributed by atoms with van der Waals surface area (Å²) in [5, 5.41) is 0. The predicted octanol–water partition coefficient (Wildman–Crippen LogP) is 8.29. The first-order chi connectivity index (χ1) is 20.0. The Morgan fingerprint density at radius 2 is 1.46 bits per heavy atom. The SMILES string of the molecule is CCCCCCCCCCCCCCCCCCOC1CC(CCC(=O)N(Cc2cccc[n+]2CC)C(C)=O)CO1. The molecule has 0 saturated carbocycles. The van der Waals surface area contributed by atoms with Crippen molar-refractivity contribution in [2.75, 3.05) is 13.2 Å². The fraction of sp³-hybridized carbons (Fsp3) is 0.800. The standard InChI is InChI=1S/C35H61N2O4/c1-4-6-7-8-9-10-11-12-13-14-15-16-17-18-19-22-27-40-35-28-32(30-41-35)24-25-34(39)37(31(3)38)29-33-23-20-21-26-36(33)5-2/h20-21,23,26,32,35H,4-19,22,24-25,27-30H2,1-3H3/q+1. The molecule has 2 amide bonds. The quantitative estimate of drug-likeness (QED) is 0.0922. The molecule has 6 nitrogen and oxygen atoms in total. The van der Waals surface area contributed by atoms with Crippen LogP contribution in [0.3, 0.4) is 0 Å². The third-order valence-corrected chi connectivity index (χ3v) is 8.49. The first-order valence-corrected chi connectivity index (χ1v) is 17.1. The molecule has 2 unspecified atom stereocenters. The van der Waals surface area contributed by atoms with E-state index in [2.05, 4.69) is 18.4 Å². The van der Waals surface area contributed by atoms with Crippen LogP contribution in [-0.4, -0.2) is 36.2 Å². The summed E-state index contributed by atoms with van der Waals surface area (Å²) < 4.78 is 13.9. The predicted molar refractivity (Wildman–Crippen MR) is 166 cm³/mol. The molecule has 1 saturated heterocycles. The fourth-order valence-electron chi connectivity index (χ4n) is 5.80. The Morgan fingerprint density at radius 1 is 0.878 bits per heavy atom. The van der Waals surface area contributed by atoms with E-state index in [1.54, 1.807) is 0 Å². The second kappa shape index (κ2) is 22.8. The molecule has 1 aliphatic heterocycles. The minimum absolute atomic E-state index is 0.110. The third kappa shape index (κ3) is 15.9. The van der Waals surface area contributed by atoms with Crippen LogP contribution in [0, 0.1) is 5.92 Å². The Hall–Kier alpha value is -1.79. The lowest BCUT2D eigenvalue weighted by atomic mass is 10.0. The first kappa shape index (κ1) is 35.4. The van der Waals surface area contributed by atoms with Crippen LogP contribution in [0.4, 0.5) is 0 Å². The maximum absolute atomic E-state index is 12.9. The molecule has 2 atom stereocenters. The molecule has 0 N–H and O–H groups in total. The highest BCUT2D eigenvalue weighted by Gasteiger charge is 2.28. The van der Waals surface area contributed by atoms with E-state index in [1.165, 1.54) is 108 Å². The number of aromatic nitrogens is 1. The zero-order chi connectivity index (χ0) is 29.5. The smallest absolute Gasteiger partial charge is 0.229 e. The number of rotatable bonds is 24. The second-order valence-corrected chi connectivity index (χ2v) is 12.1. The van der Waals surface area contributed by atoms with Crippen molar-refractivity contribution in [1.29, 1.82) is 0 Å². The Bertz CT molecular complexity index is 830. The average molecular weight is 574 g/mol. The zero-order valence-electron chi connectivity index (χ0n) is 26.8. The number of ether oxygens (including phenoxy) is 2. The number of unbranched alkanes of at least 4 members (excludes halogenated alkanes) is 15. The number of hydrogen-bond acceptors (Lipinski definition) is 4. The summed E-state index contributed by atoms with van der Waals surface area (Å²) in [5.74, 6) is -0.00779. The summed E-state index contributed by atoms with van der Waals surface area (Å²) in [6, 6.07) is 5.88. The van der Waals surface area contributed by atoms with Crippen LogP contribution in [0.25, 0.3) is 0 Å². The van der Waals surface area contributed by atoms with E-state index in [4.69, 9.17) is 9.47 Å². The topological polar surface area (TPSA) is 59.7 Å². The molecule has 0 aliphatic carbocycles. The van der Waals surface area contributed by atoms with E-state index in [9.17, 15) is 9.59 Å². The van der Waals surface area contributed by atoms with Gasteiger partial charge in [-0.1, -0.05) is 109 Å². The molecular weight excluding hydrogens is 512 g/mol. The van der Waals surface area contributed by atoms with E-state index in [-0.39, 0.29) is 18.1 Å². The lowest BCUT2D eigenvalue weighted by Gasteiger charge is -2.19. The van der Waals surface area contributed by atoms with Gasteiger partial charge in [-0.3, -0.25) is 14.5 Å². The Labute approximate surface area is 251 Å². The minimum Gasteiger partial charge on any atom is -0.353 e. The van der Waals surface area contributed by atoms with Crippen molar-refractivity contribution < 1.29 is 23.6 Å². The van der Waals surface area contributed by atoms with Gasteiger partial charge in [-0.15, -0.1) is 0 Å². The largest absolute Gasteiger partial charge is 0.353 e. The van der Waals surface area contributed by atoms with Crippen LogP contribution in [0.15, 0.2) is 24.4 Å². The molecule has 0 bridgehead atoms. The van der Waals surface area contributed by atoms with Crippen LogP contribution >= 0.6 is 0 Å². The number of amides is 2. The Kier molecular flexibility index (Phi) is 19.7. The van der Waals surface area contributed by atoms with E-state index in [1.807, 2.05) is 24.4 Å². The molecule has 0 spiro atoms. The Morgan fingerprint density at radius 3 is 2.02 bits per heavy atom. The van der Waals surface area contributed by atoms with Crippen molar-refractivity contribution >= 4 is 11.8 Å². The van der Waals surface area contributed by atoms with Crippen LogP contribution in [-0.2, 0) is 32.2 Å². The van der Waals surface area contributed by atoms with Crippen molar-refractivity contribution in [3.8, 4) is 0 Å². The third-order valence-electron chi connectivity index (χ3n) is 8.49. The molecule has 6 heteroatoms. The molecule has 41 heavy (non-hydrogen) atoms. The fourth-order valence-corrected chi connectivity index (χ4v) is 5.80. The summed E-state index contributed by atoms with van der Waals surface area (Å²) in [5.41, 5.74) is 0.963. The highest BCUT2D eigenvalue weighted by Crippen LogP contribution is 2.25. The number of aryl methyl sites for hydroxylation is 1. The molecule has 1 aromatic heterocycles. The maximum Gasteiger partial charge on any atom is 0.229 e. The van der Waals surface area contributed by atoms with Gasteiger partial charge in [-0.2, -0.15) is 0 Å². The van der Waals surface area contributed by atoms with Gasteiger partial charge < -0.3 is 9.47 Å². The number of imide groups is 1. The maximum atomic E-state index is 12.9. The molecule has 234 valence electrons. The number of hydrogen-bond donors (Lipinski definition) is 0. The van der Waals surface area contributed by atoms with Gasteiger partial charge >= 0.3 is 0 Å². The van der Waals surface area contributed by atoms with Crippen molar-refractivity contribution in [2.24, 2.45) is 5.92 Å². The summed E-state index contributed by atoms with van der Waals surface area (Å²) >= 11 is 0. The van der Waals surface area contributed by atoms with E-state index < -0.39 is 0 Å². The van der Waals surface area contributed by atoms with Gasteiger partial charge in [0.05, 0.1) is 6.61 Å². The van der Waals surface area contributed by atoms with Gasteiger partial charge in [-0.25, -0.2) is 4.57 Å². The highest BCUT2D eigenvalue weighted by atomic mass is 16.7. The Balaban J connectivity index is 1.44. The van der Waals surface area contributed by atoms with Crippen molar-refractivity contribution in [1.82, 2.24) is 4.90 Å². The first-order valence-electron chi connectivity index (χ1n) is 17.1. The summed E-state index contributed by atoms with van der Waals surface area (Å²) in [7, 11) is 0. The molecule has 0 radical (unpaired) electrons. The monoisotopic (exact) mass is 573 g/mol. The van der Waals surface area contributed by atoms with Gasteiger partial charge in [0.1, 0.15) is 13.1 Å².